The molecule has 1 heterocycles. The lowest BCUT2D eigenvalue weighted by Gasteiger charge is -2.07. The van der Waals surface area contributed by atoms with Crippen LogP contribution in [0.4, 0.5) is 5.69 Å². The molecule has 20 heavy (non-hydrogen) atoms. The highest BCUT2D eigenvalue weighted by atomic mass is 16.2. The maximum atomic E-state index is 11.7. The van der Waals surface area contributed by atoms with Crippen LogP contribution in [0.5, 0.6) is 0 Å². The van der Waals surface area contributed by atoms with Gasteiger partial charge in [-0.1, -0.05) is 24.3 Å². The minimum absolute atomic E-state index is 0.0243. The van der Waals surface area contributed by atoms with Crippen molar-refractivity contribution in [3.63, 3.8) is 0 Å². The molecule has 3 rings (SSSR count). The van der Waals surface area contributed by atoms with E-state index in [2.05, 4.69) is 10.6 Å². The molecule has 1 aliphatic heterocycles. The van der Waals surface area contributed by atoms with Gasteiger partial charge in [-0.05, 0) is 34.9 Å². The van der Waals surface area contributed by atoms with Gasteiger partial charge in [0.05, 0.1) is 6.42 Å². The van der Waals surface area contributed by atoms with Gasteiger partial charge in [0.1, 0.15) is 0 Å². The predicted octanol–water partition coefficient (Wildman–Crippen LogP) is 2.21. The van der Waals surface area contributed by atoms with Gasteiger partial charge >= 0.3 is 0 Å². The predicted molar refractivity (Wildman–Crippen MR) is 77.6 cm³/mol. The average Bonchev–Trinajstić information content (AvgIpc) is 2.85. The number of benzene rings is 2. The van der Waals surface area contributed by atoms with E-state index < -0.39 is 0 Å². The number of rotatable bonds is 2. The van der Waals surface area contributed by atoms with Crippen LogP contribution in [0, 0.1) is 0 Å². The Kier molecular flexibility index (Phi) is 2.99. The van der Waals surface area contributed by atoms with Crippen LogP contribution in [0.15, 0.2) is 42.5 Å². The lowest BCUT2D eigenvalue weighted by atomic mass is 10.0. The van der Waals surface area contributed by atoms with E-state index in [1.807, 2.05) is 36.4 Å². The molecule has 0 fully saturated rings. The number of amides is 2. The molecule has 0 atom stereocenters. The van der Waals surface area contributed by atoms with Gasteiger partial charge in [0.25, 0.3) is 5.91 Å². The lowest BCUT2D eigenvalue weighted by Crippen LogP contribution is -2.17. The second-order valence-electron chi connectivity index (χ2n) is 4.76. The first-order valence-electron chi connectivity index (χ1n) is 6.42. The number of fused-ring (bicyclic) bond motifs is 1. The average molecular weight is 266 g/mol. The van der Waals surface area contributed by atoms with Crippen molar-refractivity contribution in [2.24, 2.45) is 0 Å². The number of hydrogen-bond donors (Lipinski definition) is 2. The summed E-state index contributed by atoms with van der Waals surface area (Å²) in [6.45, 7) is 0. The zero-order valence-corrected chi connectivity index (χ0v) is 11.1. The molecule has 0 aliphatic carbocycles. The van der Waals surface area contributed by atoms with Gasteiger partial charge in [0.15, 0.2) is 0 Å². The fraction of sp³-hybridized carbons (Fsp3) is 0.125. The molecule has 2 aromatic carbocycles. The Balaban J connectivity index is 2.00. The van der Waals surface area contributed by atoms with Crippen LogP contribution in [-0.4, -0.2) is 18.9 Å². The SMILES string of the molecule is CNC(=O)c1cccc(-c2ccc3c(c2)NC(=O)C3)c1. The first kappa shape index (κ1) is 12.4. The Hall–Kier alpha value is -2.62. The summed E-state index contributed by atoms with van der Waals surface area (Å²) in [5.74, 6) is -0.0856. The molecule has 2 aromatic rings. The number of nitrogens with one attached hydrogen (secondary N) is 2. The van der Waals surface area contributed by atoms with Gasteiger partial charge in [-0.15, -0.1) is 0 Å². The molecule has 2 amide bonds. The Morgan fingerprint density at radius 1 is 1.15 bits per heavy atom. The number of anilines is 1. The molecule has 0 radical (unpaired) electrons. The van der Waals surface area contributed by atoms with Crippen molar-refractivity contribution < 1.29 is 9.59 Å². The van der Waals surface area contributed by atoms with E-state index in [-0.39, 0.29) is 11.8 Å². The van der Waals surface area contributed by atoms with E-state index in [1.165, 1.54) is 0 Å². The third-order valence-electron chi connectivity index (χ3n) is 3.42. The van der Waals surface area contributed by atoms with Crippen LogP contribution in [-0.2, 0) is 11.2 Å². The van der Waals surface area contributed by atoms with Crippen molar-refractivity contribution in [1.29, 1.82) is 0 Å². The molecule has 100 valence electrons. The van der Waals surface area contributed by atoms with Crippen LogP contribution < -0.4 is 10.6 Å². The van der Waals surface area contributed by atoms with E-state index in [1.54, 1.807) is 13.1 Å². The molecule has 0 saturated carbocycles. The van der Waals surface area contributed by atoms with Gasteiger partial charge in [0, 0.05) is 18.3 Å². The van der Waals surface area contributed by atoms with Gasteiger partial charge in [-0.25, -0.2) is 0 Å². The molecule has 2 N–H and O–H groups in total. The summed E-state index contributed by atoms with van der Waals surface area (Å²) in [5.41, 5.74) is 4.43. The normalized spacial score (nSPS) is 12.8. The van der Waals surface area contributed by atoms with E-state index in [0.717, 1.165) is 22.4 Å². The highest BCUT2D eigenvalue weighted by molar-refractivity contribution is 6.00. The van der Waals surface area contributed by atoms with Crippen molar-refractivity contribution >= 4 is 17.5 Å². The third-order valence-corrected chi connectivity index (χ3v) is 3.42. The molecular formula is C16H14N2O2. The monoisotopic (exact) mass is 266 g/mol. The van der Waals surface area contributed by atoms with E-state index >= 15 is 0 Å². The zero-order chi connectivity index (χ0) is 14.1. The summed E-state index contributed by atoms with van der Waals surface area (Å²) in [6.07, 6.45) is 0.438. The summed E-state index contributed by atoms with van der Waals surface area (Å²) in [5, 5.41) is 5.45. The highest BCUT2D eigenvalue weighted by Crippen LogP contribution is 2.29. The molecule has 0 unspecified atom stereocenters. The van der Waals surface area contributed by atoms with Crippen LogP contribution in [0.1, 0.15) is 15.9 Å². The van der Waals surface area contributed by atoms with E-state index in [0.29, 0.717) is 12.0 Å². The Labute approximate surface area is 116 Å². The molecule has 4 heteroatoms. The maximum Gasteiger partial charge on any atom is 0.251 e. The van der Waals surface area contributed by atoms with E-state index in [4.69, 9.17) is 0 Å². The standard InChI is InChI=1S/C16H14N2O2/c1-17-16(20)13-4-2-3-10(7-13)11-5-6-12-9-15(19)18-14(12)8-11/h2-8H,9H2,1H3,(H,17,20)(H,18,19). The second-order valence-corrected chi connectivity index (χ2v) is 4.76. The summed E-state index contributed by atoms with van der Waals surface area (Å²) in [7, 11) is 1.61. The molecule has 0 bridgehead atoms. The minimum Gasteiger partial charge on any atom is -0.355 e. The fourth-order valence-corrected chi connectivity index (χ4v) is 2.38. The summed E-state index contributed by atoms with van der Waals surface area (Å²) in [4.78, 5) is 23.0. The van der Waals surface area contributed by atoms with E-state index in [9.17, 15) is 9.59 Å². The molecule has 1 aliphatic rings. The number of hydrogen-bond acceptors (Lipinski definition) is 2. The topological polar surface area (TPSA) is 58.2 Å². The maximum absolute atomic E-state index is 11.7. The molecule has 0 saturated heterocycles. The van der Waals surface area contributed by atoms with Crippen molar-refractivity contribution in [2.45, 2.75) is 6.42 Å². The van der Waals surface area contributed by atoms with Crippen molar-refractivity contribution in [2.75, 3.05) is 12.4 Å². The first-order chi connectivity index (χ1) is 9.67. The van der Waals surface area contributed by atoms with Crippen LogP contribution >= 0.6 is 0 Å². The van der Waals surface area contributed by atoms with Crippen LogP contribution in [0.2, 0.25) is 0 Å². The molecule has 0 aromatic heterocycles. The first-order valence-corrected chi connectivity index (χ1v) is 6.42. The van der Waals surface area contributed by atoms with Crippen molar-refractivity contribution in [1.82, 2.24) is 5.32 Å². The van der Waals surface area contributed by atoms with Crippen molar-refractivity contribution in [3.05, 3.63) is 53.6 Å². The summed E-state index contributed by atoms with van der Waals surface area (Å²) < 4.78 is 0. The van der Waals surface area contributed by atoms with Gasteiger partial charge < -0.3 is 10.6 Å². The minimum atomic E-state index is -0.110. The molecule has 4 nitrogen and oxygen atoms in total. The molecular weight excluding hydrogens is 252 g/mol. The van der Waals surface area contributed by atoms with Crippen LogP contribution in [0.25, 0.3) is 11.1 Å². The van der Waals surface area contributed by atoms with Crippen LogP contribution in [0.3, 0.4) is 0 Å². The van der Waals surface area contributed by atoms with Gasteiger partial charge in [0.2, 0.25) is 5.91 Å². The highest BCUT2D eigenvalue weighted by Gasteiger charge is 2.17. The smallest absolute Gasteiger partial charge is 0.251 e. The van der Waals surface area contributed by atoms with Crippen molar-refractivity contribution in [3.8, 4) is 11.1 Å². The molecule has 0 spiro atoms. The summed E-state index contributed by atoms with van der Waals surface area (Å²) in [6, 6.07) is 13.3. The zero-order valence-electron chi connectivity index (χ0n) is 11.1. The Bertz CT molecular complexity index is 707. The number of carbonyl (C=O) groups is 2. The Morgan fingerprint density at radius 2 is 1.95 bits per heavy atom. The van der Waals surface area contributed by atoms with Gasteiger partial charge in [-0.2, -0.15) is 0 Å². The number of carbonyl (C=O) groups excluding carboxylic acids is 2. The van der Waals surface area contributed by atoms with Gasteiger partial charge in [-0.3, -0.25) is 9.59 Å². The quantitative estimate of drug-likeness (QED) is 0.875. The second kappa shape index (κ2) is 4.81. The Morgan fingerprint density at radius 3 is 2.75 bits per heavy atom. The third kappa shape index (κ3) is 2.16. The fourth-order valence-electron chi connectivity index (χ4n) is 2.38. The largest absolute Gasteiger partial charge is 0.355 e. The lowest BCUT2D eigenvalue weighted by molar-refractivity contribution is -0.115. The summed E-state index contributed by atoms with van der Waals surface area (Å²) >= 11 is 0.